The van der Waals surface area contributed by atoms with Crippen LogP contribution >= 0.6 is 0 Å². The van der Waals surface area contributed by atoms with Crippen LogP contribution in [0.2, 0.25) is 0 Å². The molecular weight excluding hydrogens is 821 g/mol. The van der Waals surface area contributed by atoms with Gasteiger partial charge in [0.25, 0.3) is 0 Å². The van der Waals surface area contributed by atoms with E-state index in [2.05, 4.69) is 277 Å². The fourth-order valence-electron chi connectivity index (χ4n) is 9.93. The van der Waals surface area contributed by atoms with E-state index in [0.29, 0.717) is 0 Å². The quantitative estimate of drug-likeness (QED) is 0.0793. The van der Waals surface area contributed by atoms with Crippen LogP contribution in [-0.4, -0.2) is 0 Å². The summed E-state index contributed by atoms with van der Waals surface area (Å²) in [6.07, 6.45) is 3.38. The van der Waals surface area contributed by atoms with Gasteiger partial charge in [-0.1, -0.05) is 218 Å². The number of hydrogen-bond acceptors (Lipinski definition) is 2. The molecule has 0 unspecified atom stereocenters. The maximum atomic E-state index is 2.52. The Morgan fingerprint density at radius 2 is 0.397 bits per heavy atom. The van der Waals surface area contributed by atoms with Gasteiger partial charge in [0.05, 0.1) is 11.4 Å². The van der Waals surface area contributed by atoms with Crippen molar-refractivity contribution in [3.8, 4) is 0 Å². The number of rotatable bonds is 14. The lowest BCUT2D eigenvalue weighted by Crippen LogP contribution is -2.15. The van der Waals surface area contributed by atoms with Crippen LogP contribution in [0, 0.1) is 0 Å². The molecule has 0 saturated heterocycles. The van der Waals surface area contributed by atoms with E-state index in [9.17, 15) is 0 Å². The second-order valence-electron chi connectivity index (χ2n) is 17.8. The number of hydrogen-bond donors (Lipinski definition) is 0. The molecule has 2 heteroatoms. The molecular formula is C66H52N2. The Balaban J connectivity index is 1.14. The van der Waals surface area contributed by atoms with Crippen LogP contribution in [0.25, 0.3) is 21.5 Å². The summed E-state index contributed by atoms with van der Waals surface area (Å²) >= 11 is 0. The van der Waals surface area contributed by atoms with Gasteiger partial charge in [0.1, 0.15) is 0 Å². The molecule has 0 aromatic heterocycles. The molecule has 0 aliphatic heterocycles. The third kappa shape index (κ3) is 9.18. The highest BCUT2D eigenvalue weighted by molar-refractivity contribution is 6.23. The summed E-state index contributed by atoms with van der Waals surface area (Å²) < 4.78 is 0. The van der Waals surface area contributed by atoms with Gasteiger partial charge in [-0.15, -0.1) is 0 Å². The highest BCUT2D eigenvalue weighted by atomic mass is 15.2. The SMILES string of the molecule is c1ccc(Cc2cccc(N(c3cccc(Cc4ccccc4)c3)c3c4ccccc4c(N(c4cccc(Cc5ccccc5)c4)c4cccc(Cc5ccccc5)c4)c4ccccc34)c2)cc1. The first-order valence-electron chi connectivity index (χ1n) is 23.8. The lowest BCUT2D eigenvalue weighted by molar-refractivity contribution is 1.17. The van der Waals surface area contributed by atoms with Crippen molar-refractivity contribution < 1.29 is 0 Å². The smallest absolute Gasteiger partial charge is 0.0619 e. The normalized spacial score (nSPS) is 11.2. The molecule has 0 bridgehead atoms. The largest absolute Gasteiger partial charge is 0.309 e. The van der Waals surface area contributed by atoms with Gasteiger partial charge >= 0.3 is 0 Å². The molecule has 0 aliphatic carbocycles. The van der Waals surface area contributed by atoms with E-state index in [4.69, 9.17) is 0 Å². The minimum absolute atomic E-state index is 0.846. The van der Waals surface area contributed by atoms with Gasteiger partial charge in [0.15, 0.2) is 0 Å². The van der Waals surface area contributed by atoms with Gasteiger partial charge in [-0.05, 0) is 119 Å². The summed E-state index contributed by atoms with van der Waals surface area (Å²) in [6, 6.07) is 97.8. The molecule has 0 aliphatic rings. The van der Waals surface area contributed by atoms with Gasteiger partial charge < -0.3 is 9.80 Å². The van der Waals surface area contributed by atoms with Crippen LogP contribution in [0.3, 0.4) is 0 Å². The van der Waals surface area contributed by atoms with Crippen molar-refractivity contribution in [2.75, 3.05) is 9.80 Å². The van der Waals surface area contributed by atoms with Gasteiger partial charge in [-0.2, -0.15) is 0 Å². The molecule has 11 aromatic rings. The molecule has 0 radical (unpaired) electrons. The van der Waals surface area contributed by atoms with Gasteiger partial charge in [0, 0.05) is 44.3 Å². The molecule has 0 amide bonds. The highest BCUT2D eigenvalue weighted by Gasteiger charge is 2.26. The molecule has 0 spiro atoms. The first-order valence-corrected chi connectivity index (χ1v) is 23.8. The van der Waals surface area contributed by atoms with Crippen molar-refractivity contribution in [3.63, 3.8) is 0 Å². The second-order valence-corrected chi connectivity index (χ2v) is 17.8. The second kappa shape index (κ2) is 19.6. The van der Waals surface area contributed by atoms with Crippen molar-refractivity contribution in [1.82, 2.24) is 0 Å². The van der Waals surface area contributed by atoms with Crippen molar-refractivity contribution in [2.45, 2.75) is 25.7 Å². The molecule has 326 valence electrons. The molecule has 0 fully saturated rings. The Morgan fingerprint density at radius 3 is 0.632 bits per heavy atom. The van der Waals surface area contributed by atoms with Crippen molar-refractivity contribution in [2.24, 2.45) is 0 Å². The average Bonchev–Trinajstić information content (AvgIpc) is 3.39. The zero-order valence-corrected chi connectivity index (χ0v) is 38.1. The molecule has 0 saturated carbocycles. The lowest BCUT2D eigenvalue weighted by atomic mass is 9.94. The van der Waals surface area contributed by atoms with E-state index in [1.165, 1.54) is 66.1 Å². The third-order valence-corrected chi connectivity index (χ3v) is 13.0. The molecule has 2 nitrogen and oxygen atoms in total. The Kier molecular flexibility index (Phi) is 12.1. The molecule has 11 rings (SSSR count). The maximum absolute atomic E-state index is 2.52. The predicted octanol–water partition coefficient (Wildman–Crippen LogP) is 17.3. The van der Waals surface area contributed by atoms with E-state index in [0.717, 1.165) is 59.8 Å². The van der Waals surface area contributed by atoms with Crippen LogP contribution in [0.5, 0.6) is 0 Å². The number of anilines is 6. The van der Waals surface area contributed by atoms with Crippen LogP contribution in [-0.2, 0) is 25.7 Å². The third-order valence-electron chi connectivity index (χ3n) is 13.0. The topological polar surface area (TPSA) is 6.48 Å². The standard InChI is InChI=1S/C66H52N2/c1-5-21-49(22-6-1)41-53-29-17-33-57(45-53)67(58-34-18-30-54(46-58)42-50-23-7-2-8-24-50)65-61-37-13-15-39-63(61)66(64-40-16-14-38-62(64)65)68(59-35-19-31-55(47-59)43-51-25-9-3-10-26-51)60-36-20-32-56(48-60)44-52-27-11-4-12-28-52/h1-40,45-48H,41-44H2. The number of fused-ring (bicyclic) bond motifs is 2. The molecule has 0 atom stereocenters. The van der Waals surface area contributed by atoms with Crippen molar-refractivity contribution >= 4 is 55.7 Å². The summed E-state index contributed by atoms with van der Waals surface area (Å²) in [5.41, 5.74) is 17.0. The fraction of sp³-hybridized carbons (Fsp3) is 0.0606. The monoisotopic (exact) mass is 872 g/mol. The first kappa shape index (κ1) is 42.2. The van der Waals surface area contributed by atoms with Gasteiger partial charge in [-0.25, -0.2) is 0 Å². The van der Waals surface area contributed by atoms with Crippen LogP contribution in [0.4, 0.5) is 34.1 Å². The molecule has 0 N–H and O–H groups in total. The minimum Gasteiger partial charge on any atom is -0.309 e. The maximum Gasteiger partial charge on any atom is 0.0619 e. The Labute approximate surface area is 400 Å². The first-order chi connectivity index (χ1) is 33.7. The van der Waals surface area contributed by atoms with Gasteiger partial charge in [-0.3, -0.25) is 0 Å². The Hall–Kier alpha value is -8.46. The number of benzene rings is 11. The summed E-state index contributed by atoms with van der Waals surface area (Å²) in [6.45, 7) is 0. The fourth-order valence-corrected chi connectivity index (χ4v) is 9.93. The summed E-state index contributed by atoms with van der Waals surface area (Å²) in [4.78, 5) is 5.03. The Morgan fingerprint density at radius 1 is 0.191 bits per heavy atom. The van der Waals surface area contributed by atoms with Crippen LogP contribution in [0.15, 0.2) is 267 Å². The van der Waals surface area contributed by atoms with E-state index in [1.54, 1.807) is 0 Å². The van der Waals surface area contributed by atoms with E-state index < -0.39 is 0 Å². The summed E-state index contributed by atoms with van der Waals surface area (Å²) in [5.74, 6) is 0. The van der Waals surface area contributed by atoms with E-state index in [1.807, 2.05) is 0 Å². The predicted molar refractivity (Wildman–Crippen MR) is 288 cm³/mol. The van der Waals surface area contributed by atoms with Crippen molar-refractivity contribution in [1.29, 1.82) is 0 Å². The van der Waals surface area contributed by atoms with Crippen LogP contribution in [0.1, 0.15) is 44.5 Å². The van der Waals surface area contributed by atoms with E-state index >= 15 is 0 Å². The molecule has 0 heterocycles. The zero-order valence-electron chi connectivity index (χ0n) is 38.1. The summed E-state index contributed by atoms with van der Waals surface area (Å²) in [7, 11) is 0. The zero-order chi connectivity index (χ0) is 45.5. The highest BCUT2D eigenvalue weighted by Crippen LogP contribution is 2.51. The van der Waals surface area contributed by atoms with E-state index in [-0.39, 0.29) is 0 Å². The molecule has 68 heavy (non-hydrogen) atoms. The van der Waals surface area contributed by atoms with Gasteiger partial charge in [0.2, 0.25) is 0 Å². The number of nitrogens with zero attached hydrogens (tertiary/aromatic N) is 2. The lowest BCUT2D eigenvalue weighted by Gasteiger charge is -2.33. The summed E-state index contributed by atoms with van der Waals surface area (Å²) in [5, 5.41) is 4.70. The van der Waals surface area contributed by atoms with Crippen LogP contribution < -0.4 is 9.80 Å². The minimum atomic E-state index is 0.846. The molecule has 11 aromatic carbocycles. The average molecular weight is 873 g/mol. The Bertz CT molecular complexity index is 3000. The van der Waals surface area contributed by atoms with Crippen molar-refractivity contribution in [3.05, 3.63) is 311 Å².